The molecule has 94 valence electrons. The minimum atomic E-state index is -4.62. The summed E-state index contributed by atoms with van der Waals surface area (Å²) in [7, 11) is -4.62. The second-order valence-corrected chi connectivity index (χ2v) is 5.79. The third-order valence-corrected chi connectivity index (χ3v) is 3.84. The normalized spacial score (nSPS) is 19.4. The van der Waals surface area contributed by atoms with Gasteiger partial charge in [-0.3, -0.25) is 4.79 Å². The van der Waals surface area contributed by atoms with Crippen LogP contribution in [0.4, 0.5) is 8.78 Å². The van der Waals surface area contributed by atoms with Gasteiger partial charge in [-0.25, -0.2) is 13.1 Å². The van der Waals surface area contributed by atoms with Gasteiger partial charge in [-0.05, 0) is 18.3 Å². The molecule has 0 radical (unpaired) electrons. The van der Waals surface area contributed by atoms with E-state index >= 15 is 0 Å². The van der Waals surface area contributed by atoms with Gasteiger partial charge in [0.2, 0.25) is 0 Å². The molecule has 0 bridgehead atoms. The summed E-state index contributed by atoms with van der Waals surface area (Å²) in [6, 6.07) is 0. The molecule has 16 heavy (non-hydrogen) atoms. The predicted molar refractivity (Wildman–Crippen MR) is 51.5 cm³/mol. The Morgan fingerprint density at radius 3 is 2.31 bits per heavy atom. The van der Waals surface area contributed by atoms with Gasteiger partial charge in [0.05, 0.1) is 6.42 Å². The number of sulfonamides is 1. The molecule has 1 rings (SSSR count). The highest BCUT2D eigenvalue weighted by molar-refractivity contribution is 7.89. The van der Waals surface area contributed by atoms with Crippen LogP contribution in [0.5, 0.6) is 0 Å². The van der Waals surface area contributed by atoms with Gasteiger partial charge < -0.3 is 5.11 Å². The number of alkyl halides is 2. The predicted octanol–water partition coefficient (Wildman–Crippen LogP) is 0.773. The molecule has 0 saturated heterocycles. The lowest BCUT2D eigenvalue weighted by Crippen LogP contribution is -2.44. The zero-order valence-electron chi connectivity index (χ0n) is 8.45. The van der Waals surface area contributed by atoms with Crippen LogP contribution in [-0.2, 0) is 14.8 Å². The largest absolute Gasteiger partial charge is 0.481 e. The Morgan fingerprint density at radius 1 is 1.44 bits per heavy atom. The first-order chi connectivity index (χ1) is 7.27. The molecule has 0 unspecified atom stereocenters. The summed E-state index contributed by atoms with van der Waals surface area (Å²) < 4.78 is 47.4. The van der Waals surface area contributed by atoms with Gasteiger partial charge in [0.25, 0.3) is 10.0 Å². The van der Waals surface area contributed by atoms with Gasteiger partial charge in [0.15, 0.2) is 0 Å². The fourth-order valence-electron chi connectivity index (χ4n) is 1.73. The van der Waals surface area contributed by atoms with Crippen molar-refractivity contribution < 1.29 is 27.1 Å². The van der Waals surface area contributed by atoms with E-state index in [1.807, 2.05) is 0 Å². The summed E-state index contributed by atoms with van der Waals surface area (Å²) in [6.45, 7) is -0.230. The zero-order valence-corrected chi connectivity index (χ0v) is 9.27. The Hall–Kier alpha value is -0.760. The SMILES string of the molecule is O=C(O)CC1(CNS(=O)(=O)C(F)F)CCC1. The van der Waals surface area contributed by atoms with Crippen LogP contribution in [0.2, 0.25) is 0 Å². The first kappa shape index (κ1) is 13.3. The lowest BCUT2D eigenvalue weighted by molar-refractivity contribution is -0.141. The van der Waals surface area contributed by atoms with Crippen LogP contribution in [0.3, 0.4) is 0 Å². The Kier molecular flexibility index (Phi) is 3.84. The van der Waals surface area contributed by atoms with Gasteiger partial charge >= 0.3 is 11.7 Å². The molecule has 0 aliphatic heterocycles. The van der Waals surface area contributed by atoms with E-state index in [1.54, 1.807) is 4.72 Å². The third kappa shape index (κ3) is 3.11. The maximum atomic E-state index is 12.0. The van der Waals surface area contributed by atoms with E-state index < -0.39 is 27.2 Å². The molecule has 1 aliphatic carbocycles. The minimum absolute atomic E-state index is 0.196. The standard InChI is InChI=1S/C8H13F2NO4S/c9-7(10)16(14,15)11-5-8(2-1-3-8)4-6(12)13/h7,11H,1-5H2,(H,12,13). The summed E-state index contributed by atoms with van der Waals surface area (Å²) in [5.74, 6) is -4.52. The number of carboxylic acid groups (broad SMARTS) is 1. The second kappa shape index (κ2) is 4.62. The summed E-state index contributed by atoms with van der Waals surface area (Å²) >= 11 is 0. The van der Waals surface area contributed by atoms with E-state index in [1.165, 1.54) is 0 Å². The van der Waals surface area contributed by atoms with E-state index in [-0.39, 0.29) is 13.0 Å². The zero-order chi connectivity index (χ0) is 12.4. The highest BCUT2D eigenvalue weighted by Gasteiger charge is 2.40. The fraction of sp³-hybridized carbons (Fsp3) is 0.875. The van der Waals surface area contributed by atoms with Crippen molar-refractivity contribution in [2.45, 2.75) is 31.4 Å². The van der Waals surface area contributed by atoms with Crippen LogP contribution in [-0.4, -0.2) is 31.8 Å². The van der Waals surface area contributed by atoms with E-state index in [4.69, 9.17) is 5.11 Å². The number of aliphatic carboxylic acids is 1. The molecule has 1 aliphatic rings. The number of carboxylic acids is 1. The maximum Gasteiger partial charge on any atom is 0.350 e. The monoisotopic (exact) mass is 257 g/mol. The van der Waals surface area contributed by atoms with Crippen molar-refractivity contribution in [2.24, 2.45) is 5.41 Å². The van der Waals surface area contributed by atoms with Crippen molar-refractivity contribution in [3.8, 4) is 0 Å². The summed E-state index contributed by atoms with van der Waals surface area (Å²) in [5.41, 5.74) is -0.687. The molecular formula is C8H13F2NO4S. The van der Waals surface area contributed by atoms with Crippen molar-refractivity contribution in [3.63, 3.8) is 0 Å². The van der Waals surface area contributed by atoms with E-state index in [0.29, 0.717) is 12.8 Å². The highest BCUT2D eigenvalue weighted by Crippen LogP contribution is 2.43. The third-order valence-electron chi connectivity index (χ3n) is 2.82. The van der Waals surface area contributed by atoms with Crippen LogP contribution >= 0.6 is 0 Å². The minimum Gasteiger partial charge on any atom is -0.481 e. The Labute approximate surface area is 91.9 Å². The Balaban J connectivity index is 2.56. The van der Waals surface area contributed by atoms with Gasteiger partial charge in [-0.1, -0.05) is 6.42 Å². The molecule has 1 saturated carbocycles. The van der Waals surface area contributed by atoms with Gasteiger partial charge in [0, 0.05) is 6.54 Å². The summed E-state index contributed by atoms with van der Waals surface area (Å²) in [6.07, 6.45) is 1.69. The highest BCUT2D eigenvalue weighted by atomic mass is 32.2. The average Bonchev–Trinajstić information content (AvgIpc) is 2.08. The van der Waals surface area contributed by atoms with Crippen LogP contribution in [0.25, 0.3) is 0 Å². The molecule has 0 aromatic heterocycles. The molecule has 2 N–H and O–H groups in total. The number of hydrogen-bond acceptors (Lipinski definition) is 3. The molecule has 5 nitrogen and oxygen atoms in total. The van der Waals surface area contributed by atoms with Gasteiger partial charge in [-0.2, -0.15) is 8.78 Å². The summed E-state index contributed by atoms with van der Waals surface area (Å²) in [5, 5.41) is 8.63. The topological polar surface area (TPSA) is 83.5 Å². The number of halogens is 2. The fourth-order valence-corrected chi connectivity index (χ4v) is 2.36. The maximum absolute atomic E-state index is 12.0. The Bertz CT molecular complexity index is 364. The molecule has 0 aromatic carbocycles. The molecular weight excluding hydrogens is 244 g/mol. The molecule has 0 amide bonds. The molecule has 1 fully saturated rings. The first-order valence-electron chi connectivity index (χ1n) is 4.76. The number of rotatable bonds is 6. The van der Waals surface area contributed by atoms with Gasteiger partial charge in [-0.15, -0.1) is 0 Å². The van der Waals surface area contributed by atoms with Crippen LogP contribution in [0.15, 0.2) is 0 Å². The second-order valence-electron chi connectivity index (χ2n) is 4.05. The average molecular weight is 257 g/mol. The van der Waals surface area contributed by atoms with Crippen LogP contribution in [0.1, 0.15) is 25.7 Å². The van der Waals surface area contributed by atoms with Crippen molar-refractivity contribution in [1.29, 1.82) is 0 Å². The Morgan fingerprint density at radius 2 is 2.00 bits per heavy atom. The lowest BCUT2D eigenvalue weighted by atomic mass is 9.67. The first-order valence-corrected chi connectivity index (χ1v) is 6.30. The van der Waals surface area contributed by atoms with Crippen molar-refractivity contribution in [1.82, 2.24) is 4.72 Å². The quantitative estimate of drug-likeness (QED) is 0.736. The van der Waals surface area contributed by atoms with Crippen LogP contribution in [0, 0.1) is 5.41 Å². The number of hydrogen-bond donors (Lipinski definition) is 2. The number of carbonyl (C=O) groups is 1. The number of nitrogens with one attached hydrogen (secondary N) is 1. The van der Waals surface area contributed by atoms with Crippen molar-refractivity contribution in [3.05, 3.63) is 0 Å². The van der Waals surface area contributed by atoms with Crippen molar-refractivity contribution in [2.75, 3.05) is 6.54 Å². The van der Waals surface area contributed by atoms with E-state index in [0.717, 1.165) is 6.42 Å². The molecule has 0 heterocycles. The lowest BCUT2D eigenvalue weighted by Gasteiger charge is -2.40. The van der Waals surface area contributed by atoms with Crippen molar-refractivity contribution >= 4 is 16.0 Å². The van der Waals surface area contributed by atoms with E-state index in [2.05, 4.69) is 0 Å². The molecule has 0 aromatic rings. The van der Waals surface area contributed by atoms with Gasteiger partial charge in [0.1, 0.15) is 0 Å². The smallest absolute Gasteiger partial charge is 0.350 e. The molecule has 0 atom stereocenters. The summed E-state index contributed by atoms with van der Waals surface area (Å²) in [4.78, 5) is 10.5. The van der Waals surface area contributed by atoms with Crippen LogP contribution < -0.4 is 4.72 Å². The molecule has 0 spiro atoms. The van der Waals surface area contributed by atoms with E-state index in [9.17, 15) is 22.0 Å². The molecule has 8 heteroatoms.